The van der Waals surface area contributed by atoms with Crippen molar-refractivity contribution in [1.82, 2.24) is 9.38 Å². The zero-order chi connectivity index (χ0) is 10.8. The van der Waals surface area contributed by atoms with E-state index in [-0.39, 0.29) is 6.61 Å². The van der Waals surface area contributed by atoms with Gasteiger partial charge >= 0.3 is 0 Å². The SMILES string of the molecule is COc1cccc2c(Cl)nc(CCO)n12. The second-order valence-corrected chi connectivity index (χ2v) is 3.44. The third-order valence-corrected chi connectivity index (χ3v) is 2.47. The quantitative estimate of drug-likeness (QED) is 0.864. The minimum Gasteiger partial charge on any atom is -0.482 e. The van der Waals surface area contributed by atoms with Gasteiger partial charge in [-0.1, -0.05) is 17.7 Å². The van der Waals surface area contributed by atoms with Crippen LogP contribution in [0.2, 0.25) is 5.15 Å². The van der Waals surface area contributed by atoms with Crippen LogP contribution in [0.4, 0.5) is 0 Å². The summed E-state index contributed by atoms with van der Waals surface area (Å²) in [4.78, 5) is 4.18. The highest BCUT2D eigenvalue weighted by Gasteiger charge is 2.11. The largest absolute Gasteiger partial charge is 0.482 e. The van der Waals surface area contributed by atoms with E-state index >= 15 is 0 Å². The molecule has 2 aromatic rings. The number of aliphatic hydroxyl groups is 1. The number of rotatable bonds is 3. The maximum absolute atomic E-state index is 8.91. The van der Waals surface area contributed by atoms with Gasteiger partial charge in [0.2, 0.25) is 0 Å². The van der Waals surface area contributed by atoms with Gasteiger partial charge in [-0.05, 0) is 12.1 Å². The smallest absolute Gasteiger partial charge is 0.199 e. The first kappa shape index (κ1) is 10.3. The second kappa shape index (κ2) is 4.08. The van der Waals surface area contributed by atoms with Gasteiger partial charge in [-0.3, -0.25) is 4.40 Å². The van der Waals surface area contributed by atoms with Crippen molar-refractivity contribution in [1.29, 1.82) is 0 Å². The Balaban J connectivity index is 2.70. The molecule has 5 heteroatoms. The number of halogens is 1. The summed E-state index contributed by atoms with van der Waals surface area (Å²) in [5, 5.41) is 9.34. The van der Waals surface area contributed by atoms with Gasteiger partial charge in [0, 0.05) is 6.42 Å². The van der Waals surface area contributed by atoms with E-state index in [2.05, 4.69) is 4.98 Å². The molecule has 0 atom stereocenters. The minimum atomic E-state index is 0.0352. The Bertz CT molecular complexity index is 481. The molecule has 0 unspecified atom stereocenters. The number of hydrogen-bond acceptors (Lipinski definition) is 3. The molecular weight excluding hydrogens is 216 g/mol. The van der Waals surface area contributed by atoms with Crippen LogP contribution in [0.3, 0.4) is 0 Å². The van der Waals surface area contributed by atoms with Crippen LogP contribution in [0.25, 0.3) is 5.52 Å². The van der Waals surface area contributed by atoms with Crippen molar-refractivity contribution in [2.75, 3.05) is 13.7 Å². The molecule has 1 N–H and O–H groups in total. The fraction of sp³-hybridized carbons (Fsp3) is 0.300. The van der Waals surface area contributed by atoms with Gasteiger partial charge in [0.05, 0.1) is 19.2 Å². The van der Waals surface area contributed by atoms with E-state index in [4.69, 9.17) is 21.4 Å². The monoisotopic (exact) mass is 226 g/mol. The number of fused-ring (bicyclic) bond motifs is 1. The molecule has 0 saturated carbocycles. The van der Waals surface area contributed by atoms with Gasteiger partial charge in [-0.15, -0.1) is 0 Å². The summed E-state index contributed by atoms with van der Waals surface area (Å²) in [6.45, 7) is 0.0352. The average Bonchev–Trinajstić information content (AvgIpc) is 2.57. The maximum Gasteiger partial charge on any atom is 0.199 e. The summed E-state index contributed by atoms with van der Waals surface area (Å²) in [6, 6.07) is 5.54. The Kier molecular flexibility index (Phi) is 2.79. The summed E-state index contributed by atoms with van der Waals surface area (Å²) < 4.78 is 7.01. The summed E-state index contributed by atoms with van der Waals surface area (Å²) in [7, 11) is 1.59. The van der Waals surface area contributed by atoms with Gasteiger partial charge in [-0.25, -0.2) is 4.98 Å². The van der Waals surface area contributed by atoms with E-state index in [1.807, 2.05) is 18.2 Å². The predicted molar refractivity (Wildman–Crippen MR) is 57.5 cm³/mol. The van der Waals surface area contributed by atoms with Gasteiger partial charge in [0.1, 0.15) is 5.82 Å². The highest BCUT2D eigenvalue weighted by molar-refractivity contribution is 6.32. The Hall–Kier alpha value is -1.26. The van der Waals surface area contributed by atoms with Crippen molar-refractivity contribution >= 4 is 17.1 Å². The van der Waals surface area contributed by atoms with Crippen LogP contribution in [0.15, 0.2) is 18.2 Å². The fourth-order valence-electron chi connectivity index (χ4n) is 1.56. The molecule has 2 aromatic heterocycles. The molecule has 0 bridgehead atoms. The lowest BCUT2D eigenvalue weighted by Crippen LogP contribution is -2.01. The minimum absolute atomic E-state index is 0.0352. The molecule has 0 spiro atoms. The average molecular weight is 227 g/mol. The highest BCUT2D eigenvalue weighted by Crippen LogP contribution is 2.23. The van der Waals surface area contributed by atoms with E-state index in [9.17, 15) is 0 Å². The van der Waals surface area contributed by atoms with Crippen LogP contribution < -0.4 is 4.74 Å². The molecule has 2 heterocycles. The van der Waals surface area contributed by atoms with E-state index in [1.54, 1.807) is 11.5 Å². The number of nitrogens with zero attached hydrogens (tertiary/aromatic N) is 2. The molecule has 2 rings (SSSR count). The van der Waals surface area contributed by atoms with Crippen LogP contribution in [-0.4, -0.2) is 28.2 Å². The zero-order valence-electron chi connectivity index (χ0n) is 8.27. The number of hydrogen-bond donors (Lipinski definition) is 1. The maximum atomic E-state index is 8.91. The molecule has 0 saturated heterocycles. The van der Waals surface area contributed by atoms with Crippen LogP contribution >= 0.6 is 11.6 Å². The third kappa shape index (κ3) is 1.66. The first-order valence-corrected chi connectivity index (χ1v) is 4.96. The van der Waals surface area contributed by atoms with Gasteiger partial charge in [-0.2, -0.15) is 0 Å². The number of methoxy groups -OCH3 is 1. The van der Waals surface area contributed by atoms with Crippen LogP contribution in [0.5, 0.6) is 5.88 Å². The van der Waals surface area contributed by atoms with Crippen molar-refractivity contribution in [2.24, 2.45) is 0 Å². The topological polar surface area (TPSA) is 46.8 Å². The number of aromatic nitrogens is 2. The normalized spacial score (nSPS) is 10.9. The Morgan fingerprint density at radius 1 is 1.53 bits per heavy atom. The molecule has 80 valence electrons. The Morgan fingerprint density at radius 2 is 2.33 bits per heavy atom. The van der Waals surface area contributed by atoms with Crippen molar-refractivity contribution in [2.45, 2.75) is 6.42 Å². The Morgan fingerprint density at radius 3 is 3.00 bits per heavy atom. The van der Waals surface area contributed by atoms with Crippen molar-refractivity contribution < 1.29 is 9.84 Å². The number of aliphatic hydroxyl groups excluding tert-OH is 1. The molecule has 4 nitrogen and oxygen atoms in total. The predicted octanol–water partition coefficient (Wildman–Crippen LogP) is 1.53. The molecule has 0 aliphatic carbocycles. The fourth-order valence-corrected chi connectivity index (χ4v) is 1.81. The van der Waals surface area contributed by atoms with E-state index in [0.717, 1.165) is 5.52 Å². The summed E-state index contributed by atoms with van der Waals surface area (Å²) >= 11 is 5.97. The molecular formula is C10H11ClN2O2. The number of imidazole rings is 1. The van der Waals surface area contributed by atoms with Gasteiger partial charge in [0.15, 0.2) is 11.0 Å². The second-order valence-electron chi connectivity index (χ2n) is 3.08. The van der Waals surface area contributed by atoms with Crippen LogP contribution in [-0.2, 0) is 6.42 Å². The lowest BCUT2D eigenvalue weighted by Gasteiger charge is -2.05. The van der Waals surface area contributed by atoms with Crippen LogP contribution in [0, 0.1) is 0 Å². The van der Waals surface area contributed by atoms with Crippen molar-refractivity contribution in [3.63, 3.8) is 0 Å². The Labute approximate surface area is 92.1 Å². The molecule has 0 aliphatic heterocycles. The highest BCUT2D eigenvalue weighted by atomic mass is 35.5. The molecule has 0 fully saturated rings. The molecule has 0 aromatic carbocycles. The summed E-state index contributed by atoms with van der Waals surface area (Å²) in [6.07, 6.45) is 0.453. The lowest BCUT2D eigenvalue weighted by molar-refractivity contribution is 0.295. The van der Waals surface area contributed by atoms with E-state index < -0.39 is 0 Å². The van der Waals surface area contributed by atoms with Gasteiger partial charge in [0.25, 0.3) is 0 Å². The molecule has 0 amide bonds. The standard InChI is InChI=1S/C10H11ClN2O2/c1-15-9-4-2-3-7-10(11)12-8(5-6-14)13(7)9/h2-4,14H,5-6H2,1H3. The molecule has 0 aliphatic rings. The van der Waals surface area contributed by atoms with Crippen molar-refractivity contribution in [3.8, 4) is 5.88 Å². The van der Waals surface area contributed by atoms with E-state index in [0.29, 0.717) is 23.3 Å². The zero-order valence-corrected chi connectivity index (χ0v) is 9.03. The lowest BCUT2D eigenvalue weighted by atomic mass is 10.4. The first-order chi connectivity index (χ1) is 7.27. The molecule has 0 radical (unpaired) electrons. The summed E-state index contributed by atoms with van der Waals surface area (Å²) in [5.74, 6) is 1.37. The number of pyridine rings is 1. The molecule has 15 heavy (non-hydrogen) atoms. The number of ether oxygens (including phenoxy) is 1. The van der Waals surface area contributed by atoms with Crippen molar-refractivity contribution in [3.05, 3.63) is 29.2 Å². The third-order valence-electron chi connectivity index (χ3n) is 2.20. The van der Waals surface area contributed by atoms with Gasteiger partial charge < -0.3 is 9.84 Å². The van der Waals surface area contributed by atoms with E-state index in [1.165, 1.54) is 0 Å². The first-order valence-electron chi connectivity index (χ1n) is 4.58. The van der Waals surface area contributed by atoms with Crippen LogP contribution in [0.1, 0.15) is 5.82 Å². The summed E-state index contributed by atoms with van der Waals surface area (Å²) in [5.41, 5.74) is 0.791.